The lowest BCUT2D eigenvalue weighted by Crippen LogP contribution is -2.43. The summed E-state index contributed by atoms with van der Waals surface area (Å²) >= 11 is 0. The second-order valence-electron chi connectivity index (χ2n) is 3.86. The molecule has 1 amide bonds. The highest BCUT2D eigenvalue weighted by Gasteiger charge is 2.15. The van der Waals surface area contributed by atoms with E-state index in [4.69, 9.17) is 0 Å². The molecule has 0 rings (SSSR count). The molecule has 5 heteroatoms. The van der Waals surface area contributed by atoms with E-state index in [0.29, 0.717) is 6.42 Å². The molecule has 1 unspecified atom stereocenters. The van der Waals surface area contributed by atoms with Crippen molar-refractivity contribution in [2.75, 3.05) is 27.2 Å². The minimum atomic E-state index is -0.335. The Morgan fingerprint density at radius 1 is 1.12 bits per heavy atom. The summed E-state index contributed by atoms with van der Waals surface area (Å²) in [5.41, 5.74) is 0. The molecule has 94 valence electrons. The van der Waals surface area contributed by atoms with Gasteiger partial charge in [0, 0.05) is 0 Å². The average molecular weight is 229 g/mol. The van der Waals surface area contributed by atoms with Crippen molar-refractivity contribution in [1.29, 1.82) is 0 Å². The normalized spacial score (nSPS) is 12.2. The third-order valence-electron chi connectivity index (χ3n) is 2.33. The SMILES string of the molecule is CNCCCCC(NC(=O)CNC)C(C)=O. The maximum atomic E-state index is 11.3. The largest absolute Gasteiger partial charge is 0.345 e. The first kappa shape index (κ1) is 15.1. The molecule has 0 heterocycles. The number of Topliss-reactive ketones (excluding diaryl/α,β-unsaturated/α-hetero) is 1. The van der Waals surface area contributed by atoms with Gasteiger partial charge in [0.15, 0.2) is 5.78 Å². The number of carbonyl (C=O) groups is 2. The lowest BCUT2D eigenvalue weighted by molar-refractivity contribution is -0.126. The van der Waals surface area contributed by atoms with E-state index >= 15 is 0 Å². The van der Waals surface area contributed by atoms with Gasteiger partial charge in [-0.3, -0.25) is 9.59 Å². The predicted molar refractivity (Wildman–Crippen MR) is 64.3 cm³/mol. The molecular weight excluding hydrogens is 206 g/mol. The first-order valence-corrected chi connectivity index (χ1v) is 5.70. The lowest BCUT2D eigenvalue weighted by atomic mass is 10.1. The van der Waals surface area contributed by atoms with E-state index in [9.17, 15) is 9.59 Å². The van der Waals surface area contributed by atoms with Gasteiger partial charge in [-0.05, 0) is 46.8 Å². The van der Waals surface area contributed by atoms with Gasteiger partial charge in [0.2, 0.25) is 5.91 Å². The number of ketones is 1. The first-order valence-electron chi connectivity index (χ1n) is 5.70. The number of hydrogen-bond acceptors (Lipinski definition) is 4. The highest BCUT2D eigenvalue weighted by atomic mass is 16.2. The van der Waals surface area contributed by atoms with Crippen LogP contribution in [0.1, 0.15) is 26.2 Å². The van der Waals surface area contributed by atoms with Crippen LogP contribution in [0, 0.1) is 0 Å². The molecule has 0 aromatic rings. The van der Waals surface area contributed by atoms with Gasteiger partial charge >= 0.3 is 0 Å². The molecule has 0 aromatic heterocycles. The Hall–Kier alpha value is -0.940. The minimum Gasteiger partial charge on any atom is -0.345 e. The number of nitrogens with one attached hydrogen (secondary N) is 3. The second kappa shape index (κ2) is 9.30. The lowest BCUT2D eigenvalue weighted by Gasteiger charge is -2.15. The van der Waals surface area contributed by atoms with E-state index in [1.54, 1.807) is 7.05 Å². The van der Waals surface area contributed by atoms with Gasteiger partial charge in [0.1, 0.15) is 0 Å². The predicted octanol–water partition coefficient (Wildman–Crippen LogP) is -0.331. The second-order valence-corrected chi connectivity index (χ2v) is 3.86. The molecular formula is C11H23N3O2. The van der Waals surface area contributed by atoms with Crippen molar-refractivity contribution >= 4 is 11.7 Å². The van der Waals surface area contributed by atoms with E-state index in [2.05, 4.69) is 16.0 Å². The van der Waals surface area contributed by atoms with Crippen LogP contribution in [-0.4, -0.2) is 44.9 Å². The van der Waals surface area contributed by atoms with Crippen molar-refractivity contribution in [1.82, 2.24) is 16.0 Å². The zero-order valence-electron chi connectivity index (χ0n) is 10.4. The zero-order chi connectivity index (χ0) is 12.4. The Labute approximate surface area is 97.4 Å². The summed E-state index contributed by atoms with van der Waals surface area (Å²) in [6, 6.07) is -0.335. The van der Waals surface area contributed by atoms with Crippen LogP contribution in [0.25, 0.3) is 0 Å². The van der Waals surface area contributed by atoms with Crippen LogP contribution in [0.3, 0.4) is 0 Å². The highest BCUT2D eigenvalue weighted by Crippen LogP contribution is 2.01. The highest BCUT2D eigenvalue weighted by molar-refractivity contribution is 5.88. The molecule has 0 aliphatic rings. The molecule has 16 heavy (non-hydrogen) atoms. The maximum absolute atomic E-state index is 11.3. The summed E-state index contributed by atoms with van der Waals surface area (Å²) in [4.78, 5) is 22.6. The Kier molecular flexibility index (Phi) is 8.75. The molecule has 0 radical (unpaired) electrons. The van der Waals surface area contributed by atoms with Crippen LogP contribution in [0.15, 0.2) is 0 Å². The number of hydrogen-bond donors (Lipinski definition) is 3. The Balaban J connectivity index is 3.88. The van der Waals surface area contributed by atoms with E-state index in [1.807, 2.05) is 7.05 Å². The molecule has 0 aromatic carbocycles. The molecule has 3 N–H and O–H groups in total. The Morgan fingerprint density at radius 2 is 1.81 bits per heavy atom. The van der Waals surface area contributed by atoms with Gasteiger partial charge in [-0.1, -0.05) is 0 Å². The van der Waals surface area contributed by atoms with E-state index < -0.39 is 0 Å². The topological polar surface area (TPSA) is 70.2 Å². The molecule has 0 saturated heterocycles. The molecule has 0 fully saturated rings. The van der Waals surface area contributed by atoms with Crippen LogP contribution >= 0.6 is 0 Å². The van der Waals surface area contributed by atoms with E-state index in [-0.39, 0.29) is 24.3 Å². The van der Waals surface area contributed by atoms with Crippen molar-refractivity contribution in [3.63, 3.8) is 0 Å². The summed E-state index contributed by atoms with van der Waals surface area (Å²) in [5, 5.41) is 8.53. The van der Waals surface area contributed by atoms with Crippen LogP contribution in [0.5, 0.6) is 0 Å². The van der Waals surface area contributed by atoms with E-state index in [0.717, 1.165) is 19.4 Å². The van der Waals surface area contributed by atoms with Gasteiger partial charge in [-0.15, -0.1) is 0 Å². The zero-order valence-corrected chi connectivity index (χ0v) is 10.4. The fraction of sp³-hybridized carbons (Fsp3) is 0.818. The van der Waals surface area contributed by atoms with Gasteiger partial charge in [0.05, 0.1) is 12.6 Å². The van der Waals surface area contributed by atoms with Crippen molar-refractivity contribution in [3.8, 4) is 0 Å². The maximum Gasteiger partial charge on any atom is 0.234 e. The third-order valence-corrected chi connectivity index (χ3v) is 2.33. The van der Waals surface area contributed by atoms with Crippen LogP contribution in [0.4, 0.5) is 0 Å². The smallest absolute Gasteiger partial charge is 0.234 e. The fourth-order valence-corrected chi connectivity index (χ4v) is 1.43. The summed E-state index contributed by atoms with van der Waals surface area (Å²) in [6.07, 6.45) is 2.67. The first-order chi connectivity index (χ1) is 7.61. The Morgan fingerprint density at radius 3 is 2.31 bits per heavy atom. The monoisotopic (exact) mass is 229 g/mol. The molecule has 0 saturated carbocycles. The van der Waals surface area contributed by atoms with Gasteiger partial charge in [0.25, 0.3) is 0 Å². The van der Waals surface area contributed by atoms with Crippen molar-refractivity contribution < 1.29 is 9.59 Å². The summed E-state index contributed by atoms with van der Waals surface area (Å²) < 4.78 is 0. The average Bonchev–Trinajstić information content (AvgIpc) is 2.22. The van der Waals surface area contributed by atoms with Crippen LogP contribution < -0.4 is 16.0 Å². The number of likely N-dealkylation sites (N-methyl/N-ethyl adjacent to an activating group) is 1. The Bertz CT molecular complexity index is 219. The van der Waals surface area contributed by atoms with Crippen LogP contribution in [0.2, 0.25) is 0 Å². The van der Waals surface area contributed by atoms with Crippen molar-refractivity contribution in [2.24, 2.45) is 0 Å². The van der Waals surface area contributed by atoms with Gasteiger partial charge in [-0.25, -0.2) is 0 Å². The van der Waals surface area contributed by atoms with Crippen LogP contribution in [-0.2, 0) is 9.59 Å². The van der Waals surface area contributed by atoms with Gasteiger partial charge < -0.3 is 16.0 Å². The molecule has 5 nitrogen and oxygen atoms in total. The summed E-state index contributed by atoms with van der Waals surface area (Å²) in [7, 11) is 3.60. The molecule has 0 aliphatic carbocycles. The van der Waals surface area contributed by atoms with E-state index in [1.165, 1.54) is 6.92 Å². The quantitative estimate of drug-likeness (QED) is 0.473. The minimum absolute atomic E-state index is 0.0221. The third kappa shape index (κ3) is 7.36. The summed E-state index contributed by atoms with van der Waals surface area (Å²) in [5.74, 6) is -0.106. The van der Waals surface area contributed by atoms with Crippen molar-refractivity contribution in [2.45, 2.75) is 32.2 Å². The fourth-order valence-electron chi connectivity index (χ4n) is 1.43. The molecule has 0 spiro atoms. The summed E-state index contributed by atoms with van der Waals surface area (Å²) in [6.45, 7) is 2.71. The van der Waals surface area contributed by atoms with Gasteiger partial charge in [-0.2, -0.15) is 0 Å². The molecule has 0 bridgehead atoms. The molecule has 0 aliphatic heterocycles. The number of unbranched alkanes of at least 4 members (excludes halogenated alkanes) is 1. The van der Waals surface area contributed by atoms with Crippen molar-refractivity contribution in [3.05, 3.63) is 0 Å². The molecule has 1 atom stereocenters. The standard InChI is InChI=1S/C11H23N3O2/c1-9(15)10(6-4-5-7-12-2)14-11(16)8-13-3/h10,12-13H,4-8H2,1-3H3,(H,14,16). The number of carbonyl (C=O) groups excluding carboxylic acids is 2. The number of amides is 1. The number of rotatable bonds is 9.